The lowest BCUT2D eigenvalue weighted by molar-refractivity contribution is 0.0457. The lowest BCUT2D eigenvalue weighted by Gasteiger charge is -2.26. The van der Waals surface area contributed by atoms with Gasteiger partial charge in [0.05, 0.1) is 5.60 Å². The van der Waals surface area contributed by atoms with Crippen LogP contribution in [0.5, 0.6) is 0 Å². The minimum absolute atomic E-state index is 0.102. The van der Waals surface area contributed by atoms with Crippen LogP contribution in [0.25, 0.3) is 0 Å². The average molecular weight is 143 g/mol. The van der Waals surface area contributed by atoms with Gasteiger partial charge < -0.3 is 10.4 Å². The summed E-state index contributed by atoms with van der Waals surface area (Å²) >= 11 is 0. The molecule has 0 saturated heterocycles. The van der Waals surface area contributed by atoms with Crippen molar-refractivity contribution in [3.05, 3.63) is 12.7 Å². The third-order valence-electron chi connectivity index (χ3n) is 1.63. The number of rotatable bonds is 4. The molecular formula is C8H17NO. The van der Waals surface area contributed by atoms with Crippen molar-refractivity contribution >= 4 is 0 Å². The van der Waals surface area contributed by atoms with Crippen molar-refractivity contribution in [1.82, 2.24) is 5.32 Å². The van der Waals surface area contributed by atoms with Gasteiger partial charge in [-0.25, -0.2) is 0 Å². The summed E-state index contributed by atoms with van der Waals surface area (Å²) in [6, 6.07) is 0.102. The molecule has 60 valence electrons. The summed E-state index contributed by atoms with van der Waals surface area (Å²) in [5, 5.41) is 12.5. The molecule has 0 bridgehead atoms. The molecule has 0 aliphatic heterocycles. The molecule has 0 aromatic carbocycles. The Balaban J connectivity index is 3.61. The van der Waals surface area contributed by atoms with E-state index in [1.165, 1.54) is 0 Å². The summed E-state index contributed by atoms with van der Waals surface area (Å²) in [5.74, 6) is 0. The maximum Gasteiger partial charge on any atom is 0.0741 e. The molecule has 2 N–H and O–H groups in total. The summed E-state index contributed by atoms with van der Waals surface area (Å²) in [6.07, 6.45) is 1.78. The highest BCUT2D eigenvalue weighted by Crippen LogP contribution is 2.06. The molecule has 0 rings (SSSR count). The molecule has 0 spiro atoms. The fraction of sp³-hybridized carbons (Fsp3) is 0.750. The highest BCUT2D eigenvalue weighted by molar-refractivity contribution is 4.82. The molecule has 2 nitrogen and oxygen atoms in total. The van der Waals surface area contributed by atoms with Gasteiger partial charge >= 0.3 is 0 Å². The van der Waals surface area contributed by atoms with E-state index < -0.39 is 5.60 Å². The van der Waals surface area contributed by atoms with Crippen molar-refractivity contribution in [2.24, 2.45) is 0 Å². The summed E-state index contributed by atoms with van der Waals surface area (Å²) in [7, 11) is 0. The maximum atomic E-state index is 9.42. The Morgan fingerprint density at radius 1 is 1.70 bits per heavy atom. The molecule has 0 heterocycles. The second-order valence-corrected chi connectivity index (χ2v) is 3.07. The topological polar surface area (TPSA) is 32.3 Å². The second-order valence-electron chi connectivity index (χ2n) is 3.07. The predicted octanol–water partition coefficient (Wildman–Crippen LogP) is 0.921. The first kappa shape index (κ1) is 9.66. The van der Waals surface area contributed by atoms with E-state index >= 15 is 0 Å². The van der Waals surface area contributed by atoms with Gasteiger partial charge in [-0.1, -0.05) is 6.08 Å². The largest absolute Gasteiger partial charge is 0.389 e. The van der Waals surface area contributed by atoms with Gasteiger partial charge in [0.15, 0.2) is 0 Å². The standard InChI is InChI=1S/C8H17NO/c1-5-6-9-7(2)8(3,4)10/h5,7,9-10H,1,6H2,2-4H3. The van der Waals surface area contributed by atoms with Crippen LogP contribution in [0.3, 0.4) is 0 Å². The number of hydrogen-bond donors (Lipinski definition) is 2. The zero-order chi connectivity index (χ0) is 8.20. The summed E-state index contributed by atoms with van der Waals surface area (Å²) < 4.78 is 0. The minimum atomic E-state index is -0.650. The third kappa shape index (κ3) is 3.64. The van der Waals surface area contributed by atoms with Crippen molar-refractivity contribution in [1.29, 1.82) is 0 Å². The van der Waals surface area contributed by atoms with Crippen LogP contribution >= 0.6 is 0 Å². The van der Waals surface area contributed by atoms with E-state index in [1.54, 1.807) is 19.9 Å². The normalized spacial score (nSPS) is 14.8. The van der Waals surface area contributed by atoms with Crippen LogP contribution in [0.15, 0.2) is 12.7 Å². The van der Waals surface area contributed by atoms with Gasteiger partial charge in [0.2, 0.25) is 0 Å². The zero-order valence-electron chi connectivity index (χ0n) is 7.02. The van der Waals surface area contributed by atoms with Crippen molar-refractivity contribution in [3.63, 3.8) is 0 Å². The van der Waals surface area contributed by atoms with Crippen molar-refractivity contribution < 1.29 is 5.11 Å². The first-order valence-corrected chi connectivity index (χ1v) is 3.55. The molecule has 0 aromatic heterocycles. The quantitative estimate of drug-likeness (QED) is 0.574. The minimum Gasteiger partial charge on any atom is -0.389 e. The van der Waals surface area contributed by atoms with Crippen LogP contribution in [0.2, 0.25) is 0 Å². The van der Waals surface area contributed by atoms with E-state index in [1.807, 2.05) is 6.92 Å². The molecular weight excluding hydrogens is 126 g/mol. The molecule has 10 heavy (non-hydrogen) atoms. The van der Waals surface area contributed by atoms with Gasteiger partial charge in [-0.2, -0.15) is 0 Å². The monoisotopic (exact) mass is 143 g/mol. The molecule has 1 unspecified atom stereocenters. The lowest BCUT2D eigenvalue weighted by atomic mass is 10.0. The third-order valence-corrected chi connectivity index (χ3v) is 1.63. The van der Waals surface area contributed by atoms with E-state index in [4.69, 9.17) is 0 Å². The summed E-state index contributed by atoms with van der Waals surface area (Å²) in [4.78, 5) is 0. The predicted molar refractivity (Wildman–Crippen MR) is 44.0 cm³/mol. The van der Waals surface area contributed by atoms with Gasteiger partial charge in [0, 0.05) is 12.6 Å². The zero-order valence-corrected chi connectivity index (χ0v) is 7.02. The van der Waals surface area contributed by atoms with Gasteiger partial charge in [0.25, 0.3) is 0 Å². The first-order valence-electron chi connectivity index (χ1n) is 3.55. The molecule has 0 fully saturated rings. The second kappa shape index (κ2) is 3.74. The van der Waals surface area contributed by atoms with Crippen molar-refractivity contribution in [3.8, 4) is 0 Å². The van der Waals surface area contributed by atoms with E-state index in [0.717, 1.165) is 6.54 Å². The van der Waals surface area contributed by atoms with Gasteiger partial charge in [-0.3, -0.25) is 0 Å². The number of nitrogens with one attached hydrogen (secondary N) is 1. The van der Waals surface area contributed by atoms with E-state index in [0.29, 0.717) is 0 Å². The molecule has 0 aromatic rings. The lowest BCUT2D eigenvalue weighted by Crippen LogP contribution is -2.44. The Bertz CT molecular complexity index is 104. The molecule has 1 atom stereocenters. The highest BCUT2D eigenvalue weighted by atomic mass is 16.3. The van der Waals surface area contributed by atoms with Crippen LogP contribution in [0.1, 0.15) is 20.8 Å². The van der Waals surface area contributed by atoms with E-state index in [2.05, 4.69) is 11.9 Å². The Hall–Kier alpha value is -0.340. The van der Waals surface area contributed by atoms with E-state index in [9.17, 15) is 5.11 Å². The van der Waals surface area contributed by atoms with Crippen LogP contribution in [0, 0.1) is 0 Å². The van der Waals surface area contributed by atoms with Crippen LogP contribution in [-0.4, -0.2) is 23.3 Å². The SMILES string of the molecule is C=CCNC(C)C(C)(C)O. The van der Waals surface area contributed by atoms with Crippen molar-refractivity contribution in [2.75, 3.05) is 6.54 Å². The molecule has 0 aliphatic carbocycles. The number of hydrogen-bond acceptors (Lipinski definition) is 2. The molecule has 0 saturated carbocycles. The smallest absolute Gasteiger partial charge is 0.0741 e. The van der Waals surface area contributed by atoms with Crippen LogP contribution in [0.4, 0.5) is 0 Å². The van der Waals surface area contributed by atoms with E-state index in [-0.39, 0.29) is 6.04 Å². The molecule has 2 heteroatoms. The maximum absolute atomic E-state index is 9.42. The Labute approximate surface area is 62.9 Å². The van der Waals surface area contributed by atoms with Gasteiger partial charge in [-0.05, 0) is 20.8 Å². The Kier molecular flexibility index (Phi) is 3.61. The molecule has 0 radical (unpaired) electrons. The van der Waals surface area contributed by atoms with Gasteiger partial charge in [-0.15, -0.1) is 6.58 Å². The number of aliphatic hydroxyl groups is 1. The summed E-state index contributed by atoms with van der Waals surface area (Å²) in [6.45, 7) is 9.83. The van der Waals surface area contributed by atoms with Crippen LogP contribution < -0.4 is 5.32 Å². The first-order chi connectivity index (χ1) is 4.48. The fourth-order valence-corrected chi connectivity index (χ4v) is 0.510. The molecule has 0 amide bonds. The van der Waals surface area contributed by atoms with Crippen molar-refractivity contribution in [2.45, 2.75) is 32.4 Å². The van der Waals surface area contributed by atoms with Gasteiger partial charge in [0.1, 0.15) is 0 Å². The Morgan fingerprint density at radius 3 is 2.50 bits per heavy atom. The average Bonchev–Trinajstić information content (AvgIpc) is 1.80. The molecule has 0 aliphatic rings. The van der Waals surface area contributed by atoms with Crippen LogP contribution in [-0.2, 0) is 0 Å². The highest BCUT2D eigenvalue weighted by Gasteiger charge is 2.20. The summed E-state index contributed by atoms with van der Waals surface area (Å²) in [5.41, 5.74) is -0.650. The Morgan fingerprint density at radius 2 is 2.20 bits per heavy atom. The fourth-order valence-electron chi connectivity index (χ4n) is 0.510.